The van der Waals surface area contributed by atoms with E-state index in [0.29, 0.717) is 42.4 Å². The van der Waals surface area contributed by atoms with Gasteiger partial charge < -0.3 is 39.9 Å². The molecule has 4 N–H and O–H groups in total. The van der Waals surface area contributed by atoms with Gasteiger partial charge in [0.25, 0.3) is 5.91 Å². The number of carbonyl (C=O) groups excluding carboxylic acids is 4. The average Bonchev–Trinajstić information content (AvgIpc) is 4.14. The number of amides is 4. The van der Waals surface area contributed by atoms with Gasteiger partial charge in [-0.15, -0.1) is 24.8 Å². The Balaban J connectivity index is 0.00000385. The zero-order valence-corrected chi connectivity index (χ0v) is 37.9. The Morgan fingerprint density at radius 1 is 0.734 bits per heavy atom. The van der Waals surface area contributed by atoms with Gasteiger partial charge in [-0.05, 0) is 90.7 Å². The fourth-order valence-corrected chi connectivity index (χ4v) is 8.15. The molecule has 7 rings (SSSR count). The molecule has 4 heterocycles. The Kier molecular flexibility index (Phi) is 16.6. The van der Waals surface area contributed by atoms with E-state index in [1.54, 1.807) is 34.3 Å². The number of benzene rings is 3. The van der Waals surface area contributed by atoms with Gasteiger partial charge in [-0.1, -0.05) is 80.4 Å². The van der Waals surface area contributed by atoms with E-state index in [9.17, 15) is 19.2 Å². The fraction of sp³-hybridized carbons (Fsp3) is 0.333. The number of methoxy groups -OCH3 is 2. The second-order valence-corrected chi connectivity index (χ2v) is 15.7. The summed E-state index contributed by atoms with van der Waals surface area (Å²) in [5, 5.41) is 5.40. The van der Waals surface area contributed by atoms with Gasteiger partial charge in [0.1, 0.15) is 29.4 Å². The average molecular weight is 908 g/mol. The van der Waals surface area contributed by atoms with Gasteiger partial charge in [0.05, 0.1) is 44.4 Å². The normalized spacial score (nSPS) is 16.2. The first-order valence-corrected chi connectivity index (χ1v) is 20.7. The summed E-state index contributed by atoms with van der Waals surface area (Å²) in [5.41, 5.74) is 6.64. The Labute approximate surface area is 385 Å². The van der Waals surface area contributed by atoms with Crippen LogP contribution < -0.4 is 10.6 Å². The number of aromatic amines is 2. The highest BCUT2D eigenvalue weighted by atomic mass is 35.5. The van der Waals surface area contributed by atoms with Crippen LogP contribution in [0, 0.1) is 36.5 Å². The number of hydrogen-bond donors (Lipinski definition) is 4. The maximum Gasteiger partial charge on any atom is 0.407 e. The molecule has 16 heteroatoms. The van der Waals surface area contributed by atoms with Crippen molar-refractivity contribution in [3.63, 3.8) is 0 Å². The van der Waals surface area contributed by atoms with E-state index in [2.05, 4.69) is 61.4 Å². The Morgan fingerprint density at radius 2 is 1.31 bits per heavy atom. The number of nitrogens with zero attached hydrogens (tertiary/aromatic N) is 4. The van der Waals surface area contributed by atoms with Gasteiger partial charge >= 0.3 is 12.2 Å². The molecule has 5 aromatic rings. The number of aromatic nitrogens is 4. The van der Waals surface area contributed by atoms with Gasteiger partial charge in [0, 0.05) is 24.2 Å². The third-order valence-electron chi connectivity index (χ3n) is 11.3. The summed E-state index contributed by atoms with van der Waals surface area (Å²) in [6, 6.07) is 21.1. The first-order valence-electron chi connectivity index (χ1n) is 20.7. The lowest BCUT2D eigenvalue weighted by Crippen LogP contribution is -2.51. The van der Waals surface area contributed by atoms with E-state index < -0.39 is 24.3 Å². The zero-order valence-electron chi connectivity index (χ0n) is 36.3. The molecule has 2 aromatic heterocycles. The molecule has 0 spiro atoms. The van der Waals surface area contributed by atoms with Gasteiger partial charge in [0.2, 0.25) is 5.91 Å². The third kappa shape index (κ3) is 10.9. The van der Waals surface area contributed by atoms with E-state index in [1.807, 2.05) is 69.3 Å². The molecule has 2 aliphatic rings. The SMILES string of the molecule is COC(=O)NC(C(=O)N1CCCC1c1ncc(C#CC#Cc2c(C)cc(-c3cnc(C4CCCN4C(=O)[C@@H](NC(=O)OC)C(C)C)[nH]3)cc2-c2ccccc2)[nH]1)c1ccccc1.Cl.Cl. The molecule has 0 bridgehead atoms. The molecule has 64 heavy (non-hydrogen) atoms. The number of hydrogen-bond acceptors (Lipinski definition) is 8. The standard InChI is InChI=1S/C48H50N8O6.2ClH/c1-30(2)41(53-47(59)61-4)45(57)55-24-15-23-40(55)44-50-29-38(52-44)34-26-31(3)36(37(27-34)32-16-8-6-9-17-32)21-13-12-20-35-28-49-43(51-35)39-22-14-25-56(39)46(58)42(54-48(60)62-5)33-18-10-7-11-19-33;;/h6-11,16-19,26-30,39-42H,14-15,22-25H2,1-5H3,(H,49,51)(H,50,52)(H,53,59)(H,54,60);2*1H/t39?,40?,41-,42?;;/m0../s1. The Bertz CT molecular complexity index is 2560. The predicted molar refractivity (Wildman–Crippen MR) is 247 cm³/mol. The largest absolute Gasteiger partial charge is 0.453 e. The number of alkyl carbamates (subject to hydrolysis) is 2. The second kappa shape index (κ2) is 22.1. The number of carbonyl (C=O) groups is 4. The lowest BCUT2D eigenvalue weighted by Gasteiger charge is -2.30. The maximum atomic E-state index is 13.9. The second-order valence-electron chi connectivity index (χ2n) is 15.7. The molecule has 0 aliphatic carbocycles. The lowest BCUT2D eigenvalue weighted by molar-refractivity contribution is -0.135. The lowest BCUT2D eigenvalue weighted by atomic mass is 9.93. The smallest absolute Gasteiger partial charge is 0.407 e. The van der Waals surface area contributed by atoms with Crippen LogP contribution in [0.1, 0.15) is 91.7 Å². The van der Waals surface area contributed by atoms with Gasteiger partial charge in [-0.25, -0.2) is 19.6 Å². The number of likely N-dealkylation sites (tertiary alicyclic amines) is 2. The van der Waals surface area contributed by atoms with E-state index in [-0.39, 0.29) is 54.6 Å². The van der Waals surface area contributed by atoms with Crippen LogP contribution in [0.2, 0.25) is 0 Å². The van der Waals surface area contributed by atoms with Crippen molar-refractivity contribution >= 4 is 48.8 Å². The van der Waals surface area contributed by atoms with Crippen molar-refractivity contribution in [3.8, 4) is 46.1 Å². The first-order chi connectivity index (χ1) is 30.1. The number of rotatable bonds is 10. The minimum absolute atomic E-state index is 0. The van der Waals surface area contributed by atoms with Crippen molar-refractivity contribution in [2.45, 2.75) is 70.6 Å². The number of imidazole rings is 2. The number of nitrogens with one attached hydrogen (secondary N) is 4. The molecular weight excluding hydrogens is 855 g/mol. The van der Waals surface area contributed by atoms with Crippen molar-refractivity contribution < 1.29 is 28.7 Å². The molecular formula is C48H52Cl2N8O6. The molecule has 0 radical (unpaired) electrons. The highest BCUT2D eigenvalue weighted by Crippen LogP contribution is 2.36. The molecule has 2 aliphatic heterocycles. The van der Waals surface area contributed by atoms with Crippen molar-refractivity contribution in [2.24, 2.45) is 5.92 Å². The van der Waals surface area contributed by atoms with Crippen LogP contribution in [0.15, 0.2) is 85.2 Å². The van der Waals surface area contributed by atoms with Crippen LogP contribution in [0.5, 0.6) is 0 Å². The number of halogens is 2. The summed E-state index contributed by atoms with van der Waals surface area (Å²) in [4.78, 5) is 71.5. The van der Waals surface area contributed by atoms with Crippen molar-refractivity contribution in [1.82, 2.24) is 40.4 Å². The maximum absolute atomic E-state index is 13.9. The summed E-state index contributed by atoms with van der Waals surface area (Å²) in [6.45, 7) is 6.88. The van der Waals surface area contributed by atoms with E-state index in [0.717, 1.165) is 52.8 Å². The summed E-state index contributed by atoms with van der Waals surface area (Å²) in [7, 11) is 2.55. The van der Waals surface area contributed by atoms with Crippen LogP contribution in [0.4, 0.5) is 9.59 Å². The number of H-pyrrole nitrogens is 2. The van der Waals surface area contributed by atoms with Crippen LogP contribution >= 0.6 is 24.8 Å². The van der Waals surface area contributed by atoms with Crippen molar-refractivity contribution in [2.75, 3.05) is 27.3 Å². The van der Waals surface area contributed by atoms with E-state index in [4.69, 9.17) is 14.5 Å². The highest BCUT2D eigenvalue weighted by molar-refractivity contribution is 5.88. The molecule has 3 unspecified atom stereocenters. The van der Waals surface area contributed by atoms with Crippen molar-refractivity contribution in [3.05, 3.63) is 119 Å². The molecule has 14 nitrogen and oxygen atoms in total. The fourth-order valence-electron chi connectivity index (χ4n) is 8.15. The van der Waals surface area contributed by atoms with Crippen molar-refractivity contribution in [1.29, 1.82) is 0 Å². The van der Waals surface area contributed by atoms with Gasteiger partial charge in [-0.2, -0.15) is 0 Å². The van der Waals surface area contributed by atoms with E-state index >= 15 is 0 Å². The molecule has 334 valence electrons. The molecule has 2 fully saturated rings. The minimum atomic E-state index is -0.911. The number of aryl methyl sites for hydroxylation is 1. The quantitative estimate of drug-likeness (QED) is 0.103. The topological polar surface area (TPSA) is 175 Å². The Hall–Kier alpha value is -6.74. The van der Waals surface area contributed by atoms with E-state index in [1.165, 1.54) is 14.2 Å². The van der Waals surface area contributed by atoms with Crippen LogP contribution in [0.3, 0.4) is 0 Å². The van der Waals surface area contributed by atoms with Crippen LogP contribution in [-0.4, -0.2) is 87.1 Å². The number of ether oxygens (including phenoxy) is 2. The monoisotopic (exact) mass is 906 g/mol. The molecule has 2 saturated heterocycles. The molecule has 4 amide bonds. The molecule has 4 atom stereocenters. The summed E-state index contributed by atoms with van der Waals surface area (Å²) in [5.74, 6) is 13.2. The summed E-state index contributed by atoms with van der Waals surface area (Å²) >= 11 is 0. The zero-order chi connectivity index (χ0) is 43.8. The molecule has 3 aromatic carbocycles. The van der Waals surface area contributed by atoms with Crippen LogP contribution in [-0.2, 0) is 19.1 Å². The van der Waals surface area contributed by atoms with Crippen LogP contribution in [0.25, 0.3) is 22.4 Å². The molecule has 0 saturated carbocycles. The Morgan fingerprint density at radius 3 is 1.95 bits per heavy atom. The summed E-state index contributed by atoms with van der Waals surface area (Å²) in [6.07, 6.45) is 5.16. The van der Waals surface area contributed by atoms with Gasteiger partial charge in [-0.3, -0.25) is 9.59 Å². The third-order valence-corrected chi connectivity index (χ3v) is 11.3. The highest BCUT2D eigenvalue weighted by Gasteiger charge is 2.38. The minimum Gasteiger partial charge on any atom is -0.453 e. The first kappa shape index (κ1) is 48.3. The van der Waals surface area contributed by atoms with Gasteiger partial charge in [0.15, 0.2) is 0 Å². The predicted octanol–water partition coefficient (Wildman–Crippen LogP) is 7.83. The summed E-state index contributed by atoms with van der Waals surface area (Å²) < 4.78 is 9.61.